The number of benzene rings is 2. The minimum absolute atomic E-state index is 0.0871. The molecule has 1 heterocycles. The van der Waals surface area contributed by atoms with Crippen LogP contribution in [0.5, 0.6) is 0 Å². The van der Waals surface area contributed by atoms with Crippen LogP contribution in [0, 0.1) is 5.92 Å². The Kier molecular flexibility index (Phi) is 5.02. The normalized spacial score (nSPS) is 15.1. The molecule has 0 unspecified atom stereocenters. The number of amides is 1. The minimum Gasteiger partial charge on any atom is -0.451 e. The summed E-state index contributed by atoms with van der Waals surface area (Å²) in [6, 6.07) is 18.5. The van der Waals surface area contributed by atoms with Crippen molar-refractivity contribution >= 4 is 28.6 Å². The van der Waals surface area contributed by atoms with Crippen LogP contribution in [0.4, 0.5) is 0 Å². The van der Waals surface area contributed by atoms with Crippen molar-refractivity contribution in [1.29, 1.82) is 0 Å². The highest BCUT2D eigenvalue weighted by Gasteiger charge is 2.30. The smallest absolute Gasteiger partial charge is 0.287 e. The second-order valence-corrected chi connectivity index (χ2v) is 7.97. The largest absolute Gasteiger partial charge is 0.451 e. The van der Waals surface area contributed by atoms with E-state index in [2.05, 4.69) is 36.5 Å². The van der Waals surface area contributed by atoms with E-state index in [1.54, 1.807) is 0 Å². The first kappa shape index (κ1) is 17.2. The Labute approximate surface area is 158 Å². The van der Waals surface area contributed by atoms with E-state index in [1.807, 2.05) is 42.1 Å². The molecule has 0 saturated heterocycles. The van der Waals surface area contributed by atoms with Gasteiger partial charge in [0, 0.05) is 28.5 Å². The van der Waals surface area contributed by atoms with Crippen molar-refractivity contribution < 1.29 is 9.21 Å². The molecule has 1 amide bonds. The number of carbonyl (C=O) groups excluding carboxylic acids is 1. The van der Waals surface area contributed by atoms with E-state index in [0.717, 1.165) is 28.0 Å². The first-order chi connectivity index (χ1) is 12.7. The molecular weight excluding hydrogens is 342 g/mol. The average molecular weight is 365 g/mol. The lowest BCUT2D eigenvalue weighted by molar-refractivity contribution is 0.0909. The minimum atomic E-state index is -0.0871. The fourth-order valence-corrected chi connectivity index (χ4v) is 4.28. The van der Waals surface area contributed by atoms with Gasteiger partial charge in [-0.3, -0.25) is 4.79 Å². The van der Waals surface area contributed by atoms with Gasteiger partial charge < -0.3 is 9.73 Å². The lowest BCUT2D eigenvalue weighted by Gasteiger charge is -2.12. The molecule has 4 heteroatoms. The number of furan rings is 1. The van der Waals surface area contributed by atoms with E-state index in [9.17, 15) is 4.79 Å². The molecule has 0 aliphatic heterocycles. The molecule has 1 aliphatic rings. The third-order valence-corrected chi connectivity index (χ3v) is 5.98. The molecule has 2 aromatic carbocycles. The zero-order valence-electron chi connectivity index (χ0n) is 14.9. The predicted octanol–water partition coefficient (Wildman–Crippen LogP) is 5.39. The Hall–Kier alpha value is -2.20. The summed E-state index contributed by atoms with van der Waals surface area (Å²) in [5, 5.41) is 4.16. The molecule has 26 heavy (non-hydrogen) atoms. The van der Waals surface area contributed by atoms with Crippen molar-refractivity contribution in [3.8, 4) is 0 Å². The highest BCUT2D eigenvalue weighted by atomic mass is 32.2. The lowest BCUT2D eigenvalue weighted by atomic mass is 10.1. The quantitative estimate of drug-likeness (QED) is 0.610. The maximum absolute atomic E-state index is 12.8. The van der Waals surface area contributed by atoms with Gasteiger partial charge in [0.1, 0.15) is 5.58 Å². The van der Waals surface area contributed by atoms with Crippen LogP contribution in [0.1, 0.15) is 41.4 Å². The monoisotopic (exact) mass is 365 g/mol. The molecule has 1 aromatic heterocycles. The number of para-hydroxylation sites is 1. The summed E-state index contributed by atoms with van der Waals surface area (Å²) in [5.74, 6) is 2.68. The molecular formula is C22H23NO2S. The van der Waals surface area contributed by atoms with E-state index < -0.39 is 0 Å². The molecule has 4 rings (SSSR count). The van der Waals surface area contributed by atoms with Gasteiger partial charge in [0.25, 0.3) is 5.91 Å². The fourth-order valence-electron chi connectivity index (χ4n) is 3.26. The molecule has 1 saturated carbocycles. The highest BCUT2D eigenvalue weighted by Crippen LogP contribution is 2.34. The third kappa shape index (κ3) is 3.80. The van der Waals surface area contributed by atoms with Crippen LogP contribution in [0.15, 0.2) is 59.0 Å². The lowest BCUT2D eigenvalue weighted by Crippen LogP contribution is -2.34. The number of hydrogen-bond acceptors (Lipinski definition) is 3. The number of thioether (sulfide) groups is 1. The van der Waals surface area contributed by atoms with Crippen LogP contribution in [0.3, 0.4) is 0 Å². The molecule has 1 fully saturated rings. The van der Waals surface area contributed by atoms with Crippen molar-refractivity contribution in [3.63, 3.8) is 0 Å². The SMILES string of the molecule is C[C@H](NC(=O)c1oc2ccccc2c1CSCc1ccccc1)C1CC1. The van der Waals surface area contributed by atoms with E-state index in [4.69, 9.17) is 4.42 Å². The van der Waals surface area contributed by atoms with E-state index in [0.29, 0.717) is 11.7 Å². The Morgan fingerprint density at radius 3 is 2.62 bits per heavy atom. The second kappa shape index (κ2) is 7.58. The van der Waals surface area contributed by atoms with E-state index in [-0.39, 0.29) is 11.9 Å². The molecule has 3 aromatic rings. The van der Waals surface area contributed by atoms with E-state index >= 15 is 0 Å². The van der Waals surface area contributed by atoms with Gasteiger partial charge in [-0.25, -0.2) is 0 Å². The number of fused-ring (bicyclic) bond motifs is 1. The Bertz CT molecular complexity index is 899. The van der Waals surface area contributed by atoms with Crippen LogP contribution in [0.25, 0.3) is 11.0 Å². The number of carbonyl (C=O) groups is 1. The van der Waals surface area contributed by atoms with Gasteiger partial charge in [-0.15, -0.1) is 0 Å². The summed E-state index contributed by atoms with van der Waals surface area (Å²) in [6.45, 7) is 2.09. The first-order valence-corrected chi connectivity index (χ1v) is 10.3. The summed E-state index contributed by atoms with van der Waals surface area (Å²) < 4.78 is 5.94. The second-order valence-electron chi connectivity index (χ2n) is 6.98. The number of hydrogen-bond donors (Lipinski definition) is 1. The maximum Gasteiger partial charge on any atom is 0.287 e. The predicted molar refractivity (Wildman–Crippen MR) is 107 cm³/mol. The van der Waals surface area contributed by atoms with Gasteiger partial charge in [-0.05, 0) is 37.3 Å². The Balaban J connectivity index is 1.54. The van der Waals surface area contributed by atoms with Gasteiger partial charge >= 0.3 is 0 Å². The Morgan fingerprint density at radius 1 is 1.12 bits per heavy atom. The van der Waals surface area contributed by atoms with Gasteiger partial charge in [-0.1, -0.05) is 48.5 Å². The summed E-state index contributed by atoms with van der Waals surface area (Å²) in [6.07, 6.45) is 2.42. The van der Waals surface area contributed by atoms with Crippen LogP contribution in [0.2, 0.25) is 0 Å². The molecule has 1 aliphatic carbocycles. The molecule has 134 valence electrons. The van der Waals surface area contributed by atoms with Crippen LogP contribution in [-0.2, 0) is 11.5 Å². The standard InChI is InChI=1S/C22H23NO2S/c1-15(17-11-12-17)23-22(24)21-19(18-9-5-6-10-20(18)25-21)14-26-13-16-7-3-2-4-8-16/h2-10,15,17H,11-14H2,1H3,(H,23,24)/t15-/m0/s1. The first-order valence-electron chi connectivity index (χ1n) is 9.15. The van der Waals surface area contributed by atoms with Gasteiger partial charge in [0.15, 0.2) is 5.76 Å². The van der Waals surface area contributed by atoms with Crippen molar-refractivity contribution in [2.45, 2.75) is 37.3 Å². The zero-order chi connectivity index (χ0) is 17.9. The number of nitrogens with one attached hydrogen (secondary N) is 1. The molecule has 0 radical (unpaired) electrons. The van der Waals surface area contributed by atoms with Gasteiger partial charge in [-0.2, -0.15) is 11.8 Å². The number of rotatable bonds is 7. The average Bonchev–Trinajstić information content (AvgIpc) is 3.45. The topological polar surface area (TPSA) is 42.2 Å². The summed E-state index contributed by atoms with van der Waals surface area (Å²) in [5.41, 5.74) is 3.08. The maximum atomic E-state index is 12.8. The van der Waals surface area contributed by atoms with Crippen LogP contribution >= 0.6 is 11.8 Å². The fraction of sp³-hybridized carbons (Fsp3) is 0.318. The molecule has 1 atom stereocenters. The van der Waals surface area contributed by atoms with Crippen molar-refractivity contribution in [2.75, 3.05) is 0 Å². The zero-order valence-corrected chi connectivity index (χ0v) is 15.7. The molecule has 3 nitrogen and oxygen atoms in total. The highest BCUT2D eigenvalue weighted by molar-refractivity contribution is 7.97. The third-order valence-electron chi connectivity index (χ3n) is 4.95. The van der Waals surface area contributed by atoms with Crippen molar-refractivity contribution in [3.05, 3.63) is 71.5 Å². The summed E-state index contributed by atoms with van der Waals surface area (Å²) >= 11 is 1.81. The molecule has 0 bridgehead atoms. The Morgan fingerprint density at radius 2 is 1.85 bits per heavy atom. The van der Waals surface area contributed by atoms with E-state index in [1.165, 1.54) is 18.4 Å². The molecule has 0 spiro atoms. The van der Waals surface area contributed by atoms with Gasteiger partial charge in [0.05, 0.1) is 0 Å². The van der Waals surface area contributed by atoms with Crippen molar-refractivity contribution in [1.82, 2.24) is 5.32 Å². The molecule has 1 N–H and O–H groups in total. The van der Waals surface area contributed by atoms with Gasteiger partial charge in [0.2, 0.25) is 0 Å². The van der Waals surface area contributed by atoms with Crippen molar-refractivity contribution in [2.24, 2.45) is 5.92 Å². The summed E-state index contributed by atoms with van der Waals surface area (Å²) in [4.78, 5) is 12.8. The summed E-state index contributed by atoms with van der Waals surface area (Å²) in [7, 11) is 0. The van der Waals surface area contributed by atoms with Crippen LogP contribution < -0.4 is 5.32 Å². The van der Waals surface area contributed by atoms with Crippen LogP contribution in [-0.4, -0.2) is 11.9 Å².